The van der Waals surface area contributed by atoms with E-state index in [9.17, 15) is 0 Å². The number of piperidine rings is 1. The Bertz CT molecular complexity index is 1530. The van der Waals surface area contributed by atoms with Crippen LogP contribution in [0.1, 0.15) is 49.9 Å². The summed E-state index contributed by atoms with van der Waals surface area (Å²) in [5, 5.41) is 5.15. The molecule has 39 heavy (non-hydrogen) atoms. The summed E-state index contributed by atoms with van der Waals surface area (Å²) in [6, 6.07) is 17.1. The average molecular weight is 523 g/mol. The molecule has 0 N–H and O–H groups in total. The highest BCUT2D eigenvalue weighted by atomic mass is 16.5. The van der Waals surface area contributed by atoms with E-state index in [1.54, 1.807) is 0 Å². The normalized spacial score (nSPS) is 18.1. The Morgan fingerprint density at radius 2 is 1.79 bits per heavy atom. The van der Waals surface area contributed by atoms with Gasteiger partial charge in [0.1, 0.15) is 11.6 Å². The first-order chi connectivity index (χ1) is 18.9. The number of ether oxygens (including phenoxy) is 2. The zero-order valence-corrected chi connectivity index (χ0v) is 23.5. The lowest BCUT2D eigenvalue weighted by Gasteiger charge is -2.40. The summed E-state index contributed by atoms with van der Waals surface area (Å²) < 4.78 is 14.7. The van der Waals surface area contributed by atoms with Gasteiger partial charge in [0.25, 0.3) is 0 Å². The molecular formula is C33H38N4O2. The number of anilines is 1. The van der Waals surface area contributed by atoms with E-state index in [1.807, 2.05) is 0 Å². The van der Waals surface area contributed by atoms with Crippen molar-refractivity contribution in [3.05, 3.63) is 77.5 Å². The number of rotatable bonds is 1. The molecule has 4 aromatic rings. The van der Waals surface area contributed by atoms with Crippen LogP contribution in [0.25, 0.3) is 28.0 Å². The average Bonchev–Trinajstić information content (AvgIpc) is 3.36. The van der Waals surface area contributed by atoms with Gasteiger partial charge in [-0.15, -0.1) is 0 Å². The molecule has 0 unspecified atom stereocenters. The topological polar surface area (TPSA) is 51.9 Å². The Labute approximate surface area is 231 Å². The van der Waals surface area contributed by atoms with Crippen molar-refractivity contribution in [2.45, 2.75) is 59.0 Å². The van der Waals surface area contributed by atoms with E-state index in [0.717, 1.165) is 78.2 Å². The van der Waals surface area contributed by atoms with Gasteiger partial charge in [-0.25, -0.2) is 4.98 Å². The van der Waals surface area contributed by atoms with Gasteiger partial charge in [-0.2, -0.15) is 9.61 Å². The van der Waals surface area contributed by atoms with Crippen molar-refractivity contribution in [3.8, 4) is 28.1 Å². The second kappa shape index (κ2) is 10.5. The summed E-state index contributed by atoms with van der Waals surface area (Å²) in [7, 11) is 0. The molecule has 0 aliphatic carbocycles. The fraction of sp³-hybridized carbons (Fsp3) is 0.394. The van der Waals surface area contributed by atoms with Crippen LogP contribution in [0.2, 0.25) is 0 Å². The summed E-state index contributed by atoms with van der Waals surface area (Å²) in [6.07, 6.45) is 8.01. The lowest BCUT2D eigenvalue weighted by molar-refractivity contribution is -0.0337. The van der Waals surface area contributed by atoms with Crippen molar-refractivity contribution in [1.82, 2.24) is 14.6 Å². The molecule has 7 rings (SSSR count). The maximum atomic E-state index is 6.39. The number of hydrogen-bond donors (Lipinski definition) is 0. The lowest BCUT2D eigenvalue weighted by atomic mass is 9.93. The molecule has 6 bridgehead atoms. The molecule has 1 fully saturated rings. The molecule has 6 nitrogen and oxygen atoms in total. The molecule has 1 saturated heterocycles. The minimum Gasteiger partial charge on any atom is -0.493 e. The third kappa shape index (κ3) is 5.06. The zero-order valence-electron chi connectivity index (χ0n) is 23.5. The van der Waals surface area contributed by atoms with Crippen molar-refractivity contribution < 1.29 is 9.47 Å². The Balaban J connectivity index is 1.49. The van der Waals surface area contributed by atoms with Crippen LogP contribution in [0, 0.1) is 13.8 Å². The second-order valence-electron chi connectivity index (χ2n) is 11.1. The van der Waals surface area contributed by atoms with Crippen molar-refractivity contribution in [3.63, 3.8) is 0 Å². The molecule has 6 heteroatoms. The van der Waals surface area contributed by atoms with Gasteiger partial charge in [0.05, 0.1) is 24.5 Å². The quantitative estimate of drug-likeness (QED) is 0.253. The van der Waals surface area contributed by atoms with E-state index in [1.165, 1.54) is 16.9 Å². The van der Waals surface area contributed by atoms with E-state index in [4.69, 9.17) is 19.6 Å². The van der Waals surface area contributed by atoms with Crippen LogP contribution >= 0.6 is 0 Å². The smallest absolute Gasteiger partial charge is 0.158 e. The predicted molar refractivity (Wildman–Crippen MR) is 158 cm³/mol. The molecule has 3 aliphatic heterocycles. The number of fused-ring (bicyclic) bond motifs is 7. The fourth-order valence-corrected chi connectivity index (χ4v) is 5.86. The molecule has 0 atom stereocenters. The van der Waals surface area contributed by atoms with E-state index in [0.29, 0.717) is 13.2 Å². The number of nitrogens with zero attached hydrogens (tertiary/aromatic N) is 4. The maximum Gasteiger partial charge on any atom is 0.158 e. The predicted octanol–water partition coefficient (Wildman–Crippen LogP) is 6.96. The first-order valence-corrected chi connectivity index (χ1v) is 14.2. The minimum absolute atomic E-state index is 0.127. The van der Waals surface area contributed by atoms with Gasteiger partial charge in [0, 0.05) is 41.5 Å². The van der Waals surface area contributed by atoms with Crippen molar-refractivity contribution in [2.24, 2.45) is 0 Å². The lowest BCUT2D eigenvalue weighted by Crippen LogP contribution is -2.45. The largest absolute Gasteiger partial charge is 0.493 e. The molecule has 2 aromatic carbocycles. The molecular weight excluding hydrogens is 484 g/mol. The summed E-state index contributed by atoms with van der Waals surface area (Å²) in [6.45, 7) is 11.8. The first-order valence-electron chi connectivity index (χ1n) is 14.2. The second-order valence-corrected chi connectivity index (χ2v) is 11.1. The van der Waals surface area contributed by atoms with E-state index < -0.39 is 0 Å². The van der Waals surface area contributed by atoms with Crippen LogP contribution in [-0.4, -0.2) is 46.5 Å². The maximum absolute atomic E-state index is 6.39. The van der Waals surface area contributed by atoms with Crippen LogP contribution in [0.5, 0.6) is 5.75 Å². The van der Waals surface area contributed by atoms with Gasteiger partial charge >= 0.3 is 0 Å². The first kappa shape index (κ1) is 25.6. The van der Waals surface area contributed by atoms with Crippen molar-refractivity contribution >= 4 is 11.5 Å². The fourth-order valence-electron chi connectivity index (χ4n) is 5.86. The molecule has 3 aliphatic rings. The summed E-state index contributed by atoms with van der Waals surface area (Å²) in [5.74, 6) is 2.07. The van der Waals surface area contributed by atoms with E-state index in [2.05, 4.69) is 97.8 Å². The molecule has 2 aromatic heterocycles. The van der Waals surface area contributed by atoms with Crippen LogP contribution in [0.4, 0.5) is 5.82 Å². The van der Waals surface area contributed by atoms with E-state index >= 15 is 0 Å². The Kier molecular flexibility index (Phi) is 6.90. The molecule has 0 amide bonds. The van der Waals surface area contributed by atoms with Gasteiger partial charge in [0.15, 0.2) is 5.65 Å². The highest BCUT2D eigenvalue weighted by Crippen LogP contribution is 2.36. The molecule has 5 heterocycles. The number of aryl methyl sites for hydroxylation is 2. The standard InChI is InChI=1S/C33H38N4O2/c1-5-27-24(3)34-31-22-29-26-11-9-10-25(21-26)28-20-23(2)12-13-30(28)38-18-7-6-8-19-39-33(4)14-16-36(17-15-33)32(27)37(31)35-29/h6,8-13,20-22H,5,7,14-19H2,1-4H3/b8-6-. The van der Waals surface area contributed by atoms with Gasteiger partial charge in [0.2, 0.25) is 0 Å². The van der Waals surface area contributed by atoms with Gasteiger partial charge in [-0.1, -0.05) is 48.9 Å². The van der Waals surface area contributed by atoms with Gasteiger partial charge < -0.3 is 14.4 Å². The third-order valence-electron chi connectivity index (χ3n) is 8.20. The van der Waals surface area contributed by atoms with Crippen LogP contribution in [0.3, 0.4) is 0 Å². The minimum atomic E-state index is -0.127. The van der Waals surface area contributed by atoms with E-state index in [-0.39, 0.29) is 5.60 Å². The number of aromatic nitrogens is 3. The van der Waals surface area contributed by atoms with Crippen molar-refractivity contribution in [1.29, 1.82) is 0 Å². The molecule has 0 radical (unpaired) electrons. The Morgan fingerprint density at radius 3 is 2.62 bits per heavy atom. The summed E-state index contributed by atoms with van der Waals surface area (Å²) in [4.78, 5) is 7.47. The van der Waals surface area contributed by atoms with Crippen LogP contribution in [0.15, 0.2) is 60.7 Å². The SMILES string of the molecule is CCc1c(C)nc2cc3nn2c1N1CCC(C)(CC1)OC/C=C\CCOc1ccc(C)cc1-c1cccc-3c1. The van der Waals surface area contributed by atoms with Crippen molar-refractivity contribution in [2.75, 3.05) is 31.2 Å². The van der Waals surface area contributed by atoms with Gasteiger partial charge in [-0.05, 0) is 70.2 Å². The molecule has 0 spiro atoms. The zero-order chi connectivity index (χ0) is 27.0. The summed E-state index contributed by atoms with van der Waals surface area (Å²) in [5.41, 5.74) is 8.53. The summed E-state index contributed by atoms with van der Waals surface area (Å²) >= 11 is 0. The van der Waals surface area contributed by atoms with Crippen LogP contribution < -0.4 is 9.64 Å². The number of hydrogen-bond acceptors (Lipinski definition) is 5. The molecule has 202 valence electrons. The number of benzene rings is 2. The Hall–Kier alpha value is -3.64. The monoisotopic (exact) mass is 522 g/mol. The molecule has 0 saturated carbocycles. The Morgan fingerprint density at radius 1 is 0.974 bits per heavy atom. The third-order valence-corrected chi connectivity index (χ3v) is 8.20. The van der Waals surface area contributed by atoms with Crippen LogP contribution in [-0.2, 0) is 11.2 Å². The highest BCUT2D eigenvalue weighted by molar-refractivity contribution is 5.77. The highest BCUT2D eigenvalue weighted by Gasteiger charge is 2.33. The van der Waals surface area contributed by atoms with Gasteiger partial charge in [-0.3, -0.25) is 0 Å².